The van der Waals surface area contributed by atoms with Crippen LogP contribution in [0.3, 0.4) is 0 Å². The number of nitrogens with one attached hydrogen (secondary N) is 1. The molecule has 1 amide bonds. The predicted molar refractivity (Wildman–Crippen MR) is 107 cm³/mol. The summed E-state index contributed by atoms with van der Waals surface area (Å²) in [4.78, 5) is 22.7. The molecule has 138 valence electrons. The van der Waals surface area contributed by atoms with Gasteiger partial charge in [0.2, 0.25) is 5.91 Å². The Morgan fingerprint density at radius 2 is 1.93 bits per heavy atom. The van der Waals surface area contributed by atoms with Crippen LogP contribution in [0.25, 0.3) is 11.4 Å². The van der Waals surface area contributed by atoms with Gasteiger partial charge in [0.05, 0.1) is 10.7 Å². The van der Waals surface area contributed by atoms with Crippen LogP contribution in [0.2, 0.25) is 0 Å². The fourth-order valence-corrected chi connectivity index (χ4v) is 3.55. The Labute approximate surface area is 167 Å². The van der Waals surface area contributed by atoms with E-state index < -0.39 is 4.92 Å². The molecule has 3 aromatic rings. The number of amides is 1. The van der Waals surface area contributed by atoms with E-state index in [1.54, 1.807) is 16.7 Å². The number of aromatic nitrogens is 3. The van der Waals surface area contributed by atoms with Crippen molar-refractivity contribution in [3.05, 3.63) is 63.1 Å². The van der Waals surface area contributed by atoms with Crippen LogP contribution >= 0.6 is 27.7 Å². The summed E-state index contributed by atoms with van der Waals surface area (Å²) in [5.74, 6) is 0.359. The maximum Gasteiger partial charge on any atom is 0.292 e. The standard InChI is InChI=1S/C17H14BrN5O3S/c1-22-16(11-6-2-3-7-12(11)18)20-21-17(22)27-10-15(24)19-13-8-4-5-9-14(13)23(25)26/h2-9H,10H2,1H3,(H,19,24). The average molecular weight is 448 g/mol. The summed E-state index contributed by atoms with van der Waals surface area (Å²) in [5, 5.41) is 22.5. The highest BCUT2D eigenvalue weighted by Crippen LogP contribution is 2.29. The SMILES string of the molecule is Cn1c(SCC(=O)Nc2ccccc2[N+](=O)[O-])nnc1-c1ccccc1Br. The molecule has 3 rings (SSSR count). The Bertz CT molecular complexity index is 1010. The molecule has 0 aliphatic carbocycles. The minimum atomic E-state index is -0.532. The van der Waals surface area contributed by atoms with E-state index in [-0.39, 0.29) is 23.0 Å². The number of benzene rings is 2. The Morgan fingerprint density at radius 1 is 1.22 bits per heavy atom. The van der Waals surface area contributed by atoms with Gasteiger partial charge in [0, 0.05) is 23.2 Å². The van der Waals surface area contributed by atoms with Crippen molar-refractivity contribution in [2.45, 2.75) is 5.16 Å². The van der Waals surface area contributed by atoms with Gasteiger partial charge in [-0.3, -0.25) is 14.9 Å². The summed E-state index contributed by atoms with van der Waals surface area (Å²) in [7, 11) is 1.82. The number of carbonyl (C=O) groups is 1. The third-order valence-electron chi connectivity index (χ3n) is 3.66. The van der Waals surface area contributed by atoms with Crippen LogP contribution in [-0.2, 0) is 11.8 Å². The van der Waals surface area contributed by atoms with Crippen molar-refractivity contribution < 1.29 is 9.72 Å². The largest absolute Gasteiger partial charge is 0.320 e. The van der Waals surface area contributed by atoms with Crippen molar-refractivity contribution >= 4 is 45.0 Å². The molecule has 0 aliphatic rings. The number of thioether (sulfide) groups is 1. The number of hydrogen-bond donors (Lipinski definition) is 1. The second-order valence-electron chi connectivity index (χ2n) is 5.46. The molecule has 8 nitrogen and oxygen atoms in total. The highest BCUT2D eigenvalue weighted by atomic mass is 79.9. The second-order valence-corrected chi connectivity index (χ2v) is 7.25. The molecule has 10 heteroatoms. The molecule has 0 radical (unpaired) electrons. The molecule has 0 fully saturated rings. The van der Waals surface area contributed by atoms with Crippen LogP contribution in [0.4, 0.5) is 11.4 Å². The summed E-state index contributed by atoms with van der Waals surface area (Å²) in [5.41, 5.74) is 0.911. The molecule has 0 saturated carbocycles. The lowest BCUT2D eigenvalue weighted by Crippen LogP contribution is -2.15. The molecule has 0 spiro atoms. The third-order valence-corrected chi connectivity index (χ3v) is 5.37. The number of anilines is 1. The van der Waals surface area contributed by atoms with Gasteiger partial charge in [0.15, 0.2) is 11.0 Å². The van der Waals surface area contributed by atoms with Crippen LogP contribution in [0.15, 0.2) is 58.2 Å². The molecule has 1 heterocycles. The van der Waals surface area contributed by atoms with Crippen molar-refractivity contribution in [2.75, 3.05) is 11.1 Å². The van der Waals surface area contributed by atoms with E-state index >= 15 is 0 Å². The highest BCUT2D eigenvalue weighted by molar-refractivity contribution is 9.10. The van der Waals surface area contributed by atoms with E-state index in [4.69, 9.17) is 0 Å². The zero-order valence-electron chi connectivity index (χ0n) is 14.1. The monoisotopic (exact) mass is 447 g/mol. The van der Waals surface area contributed by atoms with Gasteiger partial charge < -0.3 is 9.88 Å². The molecule has 0 saturated heterocycles. The van der Waals surface area contributed by atoms with Gasteiger partial charge in [-0.05, 0) is 12.1 Å². The number of halogens is 1. The van der Waals surface area contributed by atoms with Crippen molar-refractivity contribution in [3.63, 3.8) is 0 Å². The predicted octanol–water partition coefficient (Wildman–Crippen LogP) is 3.88. The minimum absolute atomic E-state index is 0.0496. The lowest BCUT2D eigenvalue weighted by atomic mass is 10.2. The van der Waals surface area contributed by atoms with Gasteiger partial charge in [-0.2, -0.15) is 0 Å². The summed E-state index contributed by atoms with van der Waals surface area (Å²) < 4.78 is 2.69. The van der Waals surface area contributed by atoms with Gasteiger partial charge in [-0.15, -0.1) is 10.2 Å². The lowest BCUT2D eigenvalue weighted by Gasteiger charge is -2.07. The van der Waals surface area contributed by atoms with Crippen LogP contribution < -0.4 is 5.32 Å². The van der Waals surface area contributed by atoms with Crippen molar-refractivity contribution in [2.24, 2.45) is 7.05 Å². The zero-order chi connectivity index (χ0) is 19.4. The number of hydrogen-bond acceptors (Lipinski definition) is 6. The van der Waals surface area contributed by atoms with E-state index in [9.17, 15) is 14.9 Å². The fraction of sp³-hybridized carbons (Fsp3) is 0.118. The first-order chi connectivity index (χ1) is 13.0. The zero-order valence-corrected chi connectivity index (χ0v) is 16.5. The summed E-state index contributed by atoms with van der Waals surface area (Å²) in [6.45, 7) is 0. The molecule has 0 bridgehead atoms. The van der Waals surface area contributed by atoms with E-state index in [2.05, 4.69) is 31.4 Å². The van der Waals surface area contributed by atoms with Gasteiger partial charge in [-0.1, -0.05) is 58.0 Å². The molecule has 2 aromatic carbocycles. The van der Waals surface area contributed by atoms with Gasteiger partial charge in [0.25, 0.3) is 5.69 Å². The number of carbonyl (C=O) groups excluding carboxylic acids is 1. The smallest absolute Gasteiger partial charge is 0.292 e. The summed E-state index contributed by atoms with van der Waals surface area (Å²) in [6.07, 6.45) is 0. The van der Waals surface area contributed by atoms with Crippen LogP contribution in [0.1, 0.15) is 0 Å². The van der Waals surface area contributed by atoms with Crippen molar-refractivity contribution in [1.82, 2.24) is 14.8 Å². The second kappa shape index (κ2) is 8.31. The number of nitro benzene ring substituents is 1. The van der Waals surface area contributed by atoms with Crippen molar-refractivity contribution in [1.29, 1.82) is 0 Å². The topological polar surface area (TPSA) is 103 Å². The van der Waals surface area contributed by atoms with Gasteiger partial charge in [0.1, 0.15) is 5.69 Å². The Hall–Kier alpha value is -2.72. The first-order valence-electron chi connectivity index (χ1n) is 7.77. The quantitative estimate of drug-likeness (QED) is 0.349. The molecular weight excluding hydrogens is 434 g/mol. The molecule has 27 heavy (non-hydrogen) atoms. The third kappa shape index (κ3) is 4.34. The van der Waals surface area contributed by atoms with E-state index in [1.165, 1.54) is 23.9 Å². The highest BCUT2D eigenvalue weighted by Gasteiger charge is 2.17. The maximum absolute atomic E-state index is 12.2. The molecule has 0 unspecified atom stereocenters. The van der Waals surface area contributed by atoms with E-state index in [0.717, 1.165) is 10.0 Å². The molecule has 1 aromatic heterocycles. The number of para-hydroxylation sites is 2. The van der Waals surface area contributed by atoms with Crippen molar-refractivity contribution in [3.8, 4) is 11.4 Å². The summed E-state index contributed by atoms with van der Waals surface area (Å²) in [6, 6.07) is 13.7. The van der Waals surface area contributed by atoms with E-state index in [0.29, 0.717) is 11.0 Å². The van der Waals surface area contributed by atoms with Crippen LogP contribution in [0.5, 0.6) is 0 Å². The normalized spacial score (nSPS) is 10.6. The summed E-state index contributed by atoms with van der Waals surface area (Å²) >= 11 is 4.69. The first kappa shape index (κ1) is 19.1. The Morgan fingerprint density at radius 3 is 2.67 bits per heavy atom. The first-order valence-corrected chi connectivity index (χ1v) is 9.55. The number of nitro groups is 1. The Kier molecular flexibility index (Phi) is 5.87. The molecular formula is C17H14BrN5O3S. The minimum Gasteiger partial charge on any atom is -0.320 e. The number of rotatable bonds is 6. The molecule has 0 aliphatic heterocycles. The number of nitrogens with zero attached hydrogens (tertiary/aromatic N) is 4. The average Bonchev–Trinajstić information content (AvgIpc) is 3.01. The molecule has 1 N–H and O–H groups in total. The fourth-order valence-electron chi connectivity index (χ4n) is 2.37. The van der Waals surface area contributed by atoms with Crippen LogP contribution in [0, 0.1) is 10.1 Å². The molecule has 0 atom stereocenters. The van der Waals surface area contributed by atoms with Crippen LogP contribution in [-0.4, -0.2) is 31.3 Å². The Balaban J connectivity index is 1.69. The maximum atomic E-state index is 12.2. The van der Waals surface area contributed by atoms with Gasteiger partial charge >= 0.3 is 0 Å². The lowest BCUT2D eigenvalue weighted by molar-refractivity contribution is -0.383. The van der Waals surface area contributed by atoms with Gasteiger partial charge in [-0.25, -0.2) is 0 Å². The van der Waals surface area contributed by atoms with E-state index in [1.807, 2.05) is 31.3 Å².